The van der Waals surface area contributed by atoms with E-state index in [0.717, 1.165) is 68.3 Å². The predicted molar refractivity (Wildman–Crippen MR) is 100 cm³/mol. The highest BCUT2D eigenvalue weighted by Crippen LogP contribution is 2.37. The first-order chi connectivity index (χ1) is 12.8. The second kappa shape index (κ2) is 6.50. The van der Waals surface area contributed by atoms with E-state index in [1.807, 2.05) is 6.20 Å². The van der Waals surface area contributed by atoms with Gasteiger partial charge in [-0.05, 0) is 37.3 Å². The fourth-order valence-electron chi connectivity index (χ4n) is 4.09. The monoisotopic (exact) mass is 351 g/mol. The zero-order valence-electron chi connectivity index (χ0n) is 15.1. The Morgan fingerprint density at radius 3 is 2.73 bits per heavy atom. The van der Waals surface area contributed by atoms with Crippen molar-refractivity contribution in [3.8, 4) is 0 Å². The summed E-state index contributed by atoms with van der Waals surface area (Å²) in [6.07, 6.45) is 7.70. The van der Waals surface area contributed by atoms with Crippen molar-refractivity contribution in [1.29, 1.82) is 0 Å². The fraction of sp³-hybridized carbons (Fsp3) is 0.550. The minimum Gasteiger partial charge on any atom is -0.357 e. The molecule has 0 atom stereocenters. The molecule has 0 spiro atoms. The topological polar surface area (TPSA) is 65.1 Å². The number of H-pyrrole nitrogens is 1. The molecule has 4 heterocycles. The average molecular weight is 351 g/mol. The molecule has 2 aliphatic heterocycles. The van der Waals surface area contributed by atoms with Gasteiger partial charge in [0.25, 0.3) is 5.56 Å². The Bertz CT molecular complexity index is 849. The summed E-state index contributed by atoms with van der Waals surface area (Å²) in [6, 6.07) is 4.31. The second-order valence-electron chi connectivity index (χ2n) is 7.83. The molecule has 2 aromatic heterocycles. The Morgan fingerprint density at radius 2 is 2.00 bits per heavy atom. The van der Waals surface area contributed by atoms with Crippen LogP contribution in [0.25, 0.3) is 0 Å². The van der Waals surface area contributed by atoms with Crippen molar-refractivity contribution >= 4 is 5.82 Å². The minimum atomic E-state index is 0.0594. The summed E-state index contributed by atoms with van der Waals surface area (Å²) in [5, 5.41) is 0. The van der Waals surface area contributed by atoms with Crippen LogP contribution < -0.4 is 10.5 Å². The highest BCUT2D eigenvalue weighted by atomic mass is 16.1. The van der Waals surface area contributed by atoms with Gasteiger partial charge < -0.3 is 9.88 Å². The molecular formula is C20H25N5O. The van der Waals surface area contributed by atoms with Crippen molar-refractivity contribution in [2.75, 3.05) is 24.5 Å². The van der Waals surface area contributed by atoms with E-state index >= 15 is 0 Å². The smallest absolute Gasteiger partial charge is 0.255 e. The van der Waals surface area contributed by atoms with E-state index < -0.39 is 0 Å². The molecule has 136 valence electrons. The van der Waals surface area contributed by atoms with Crippen LogP contribution in [0, 0.1) is 0 Å². The van der Waals surface area contributed by atoms with Crippen LogP contribution in [0.2, 0.25) is 0 Å². The Morgan fingerprint density at radius 1 is 1.15 bits per heavy atom. The quantitative estimate of drug-likeness (QED) is 0.915. The Balaban J connectivity index is 1.28. The number of aromatic amines is 1. The van der Waals surface area contributed by atoms with Crippen LogP contribution in [-0.2, 0) is 19.5 Å². The normalized spacial score (nSPS) is 20.4. The first-order valence-electron chi connectivity index (χ1n) is 9.80. The molecule has 1 saturated carbocycles. The van der Waals surface area contributed by atoms with Gasteiger partial charge in [0.05, 0.1) is 11.3 Å². The number of fused-ring (bicyclic) bond motifs is 1. The van der Waals surface area contributed by atoms with E-state index in [2.05, 4.69) is 31.9 Å². The fourth-order valence-corrected chi connectivity index (χ4v) is 4.09. The van der Waals surface area contributed by atoms with E-state index in [9.17, 15) is 4.79 Å². The number of aromatic nitrogens is 3. The number of rotatable bonds is 4. The lowest BCUT2D eigenvalue weighted by molar-refractivity contribution is 0.241. The molecule has 0 aromatic carbocycles. The van der Waals surface area contributed by atoms with Crippen LogP contribution in [0.1, 0.15) is 54.2 Å². The lowest BCUT2D eigenvalue weighted by atomic mass is 10.1. The van der Waals surface area contributed by atoms with Crippen molar-refractivity contribution < 1.29 is 0 Å². The molecule has 0 unspecified atom stereocenters. The summed E-state index contributed by atoms with van der Waals surface area (Å²) < 4.78 is 0. The Hall–Kier alpha value is -2.21. The van der Waals surface area contributed by atoms with E-state index in [1.165, 1.54) is 18.4 Å². The molecule has 0 radical (unpaired) electrons. The van der Waals surface area contributed by atoms with Crippen LogP contribution in [-0.4, -0.2) is 39.5 Å². The standard InChI is InChI=1S/C20H25N5O/c26-20-16-13-24(10-7-17(16)22-19(23-20)15-4-5-15)12-14-3-6-18(21-11-14)25-8-1-2-9-25/h3,6,11,15H,1-2,4-5,7-10,12-13H2,(H,22,23,26). The number of anilines is 1. The number of nitrogens with zero attached hydrogens (tertiary/aromatic N) is 4. The molecule has 0 bridgehead atoms. The molecule has 1 aliphatic carbocycles. The lowest BCUT2D eigenvalue weighted by Gasteiger charge is -2.27. The number of nitrogens with one attached hydrogen (secondary N) is 1. The summed E-state index contributed by atoms with van der Waals surface area (Å²) >= 11 is 0. The third-order valence-corrected chi connectivity index (χ3v) is 5.78. The van der Waals surface area contributed by atoms with Gasteiger partial charge in [-0.25, -0.2) is 9.97 Å². The van der Waals surface area contributed by atoms with Gasteiger partial charge in [-0.3, -0.25) is 9.69 Å². The maximum Gasteiger partial charge on any atom is 0.255 e. The zero-order valence-corrected chi connectivity index (χ0v) is 15.1. The van der Waals surface area contributed by atoms with Crippen molar-refractivity contribution in [1.82, 2.24) is 19.9 Å². The van der Waals surface area contributed by atoms with Gasteiger partial charge in [-0.15, -0.1) is 0 Å². The van der Waals surface area contributed by atoms with Gasteiger partial charge in [-0.1, -0.05) is 6.07 Å². The van der Waals surface area contributed by atoms with Crippen LogP contribution in [0.3, 0.4) is 0 Å². The Kier molecular flexibility index (Phi) is 4.00. The van der Waals surface area contributed by atoms with E-state index in [4.69, 9.17) is 4.98 Å². The maximum atomic E-state index is 12.5. The van der Waals surface area contributed by atoms with Crippen molar-refractivity contribution in [2.24, 2.45) is 0 Å². The summed E-state index contributed by atoms with van der Waals surface area (Å²) in [6.45, 7) is 4.69. The molecule has 2 aromatic rings. The van der Waals surface area contributed by atoms with Crippen LogP contribution in [0.4, 0.5) is 5.82 Å². The van der Waals surface area contributed by atoms with Crippen molar-refractivity contribution in [2.45, 2.75) is 51.1 Å². The van der Waals surface area contributed by atoms with Crippen molar-refractivity contribution in [3.63, 3.8) is 0 Å². The van der Waals surface area contributed by atoms with E-state index in [1.54, 1.807) is 0 Å². The summed E-state index contributed by atoms with van der Waals surface area (Å²) in [5.74, 6) is 2.48. The summed E-state index contributed by atoms with van der Waals surface area (Å²) in [5.41, 5.74) is 3.12. The first-order valence-corrected chi connectivity index (χ1v) is 9.80. The molecule has 1 saturated heterocycles. The van der Waals surface area contributed by atoms with E-state index in [0.29, 0.717) is 12.5 Å². The molecular weight excluding hydrogens is 326 g/mol. The molecule has 1 N–H and O–H groups in total. The van der Waals surface area contributed by atoms with Gasteiger partial charge in [0.2, 0.25) is 0 Å². The molecule has 3 aliphatic rings. The highest BCUT2D eigenvalue weighted by Gasteiger charge is 2.29. The summed E-state index contributed by atoms with van der Waals surface area (Å²) in [7, 11) is 0. The van der Waals surface area contributed by atoms with Gasteiger partial charge in [0.1, 0.15) is 11.6 Å². The minimum absolute atomic E-state index is 0.0594. The van der Waals surface area contributed by atoms with Gasteiger partial charge in [-0.2, -0.15) is 0 Å². The highest BCUT2D eigenvalue weighted by molar-refractivity contribution is 5.40. The van der Waals surface area contributed by atoms with Crippen LogP contribution in [0.15, 0.2) is 23.1 Å². The Labute approximate surface area is 153 Å². The number of hydrogen-bond donors (Lipinski definition) is 1. The SMILES string of the molecule is O=c1[nH]c(C2CC2)nc2c1CN(Cc1ccc(N3CCCC3)nc1)CC2. The van der Waals surface area contributed by atoms with E-state index in [-0.39, 0.29) is 5.56 Å². The maximum absolute atomic E-state index is 12.5. The molecule has 0 amide bonds. The third-order valence-electron chi connectivity index (χ3n) is 5.78. The first kappa shape index (κ1) is 16.0. The van der Waals surface area contributed by atoms with Gasteiger partial charge in [0.15, 0.2) is 0 Å². The lowest BCUT2D eigenvalue weighted by Crippen LogP contribution is -2.35. The molecule has 2 fully saturated rings. The zero-order chi connectivity index (χ0) is 17.5. The molecule has 6 heteroatoms. The van der Waals surface area contributed by atoms with Crippen LogP contribution in [0.5, 0.6) is 0 Å². The second-order valence-corrected chi connectivity index (χ2v) is 7.83. The molecule has 26 heavy (non-hydrogen) atoms. The summed E-state index contributed by atoms with van der Waals surface area (Å²) in [4.78, 5) is 29.5. The third kappa shape index (κ3) is 3.14. The number of hydrogen-bond acceptors (Lipinski definition) is 5. The average Bonchev–Trinajstić information content (AvgIpc) is 3.37. The van der Waals surface area contributed by atoms with Gasteiger partial charge in [0, 0.05) is 51.3 Å². The predicted octanol–water partition coefficient (Wildman–Crippen LogP) is 2.20. The van der Waals surface area contributed by atoms with Crippen molar-refractivity contribution in [3.05, 3.63) is 51.3 Å². The molecule has 5 rings (SSSR count). The molecule has 6 nitrogen and oxygen atoms in total. The number of pyridine rings is 1. The van der Waals surface area contributed by atoms with Crippen LogP contribution >= 0.6 is 0 Å². The largest absolute Gasteiger partial charge is 0.357 e. The van der Waals surface area contributed by atoms with Gasteiger partial charge >= 0.3 is 0 Å².